The van der Waals surface area contributed by atoms with Gasteiger partial charge in [0.25, 0.3) is 5.91 Å². The number of H-pyrrole nitrogens is 1. The number of aromatic amines is 1. The maximum Gasteiger partial charge on any atom is 0.255 e. The summed E-state index contributed by atoms with van der Waals surface area (Å²) in [5.41, 5.74) is 9.85. The summed E-state index contributed by atoms with van der Waals surface area (Å²) >= 11 is 1.53. The van der Waals surface area contributed by atoms with E-state index in [9.17, 15) is 19.5 Å². The molecule has 1 saturated heterocycles. The van der Waals surface area contributed by atoms with Gasteiger partial charge in [0.05, 0.1) is 22.2 Å². The van der Waals surface area contributed by atoms with E-state index in [0.717, 1.165) is 60.2 Å². The van der Waals surface area contributed by atoms with E-state index in [1.807, 2.05) is 81.6 Å². The van der Waals surface area contributed by atoms with Gasteiger partial charge >= 0.3 is 0 Å². The van der Waals surface area contributed by atoms with E-state index >= 15 is 0 Å². The highest BCUT2D eigenvalue weighted by atomic mass is 32.1. The Labute approximate surface area is 356 Å². The number of benzene rings is 3. The average molecular weight is 836 g/mol. The summed E-state index contributed by atoms with van der Waals surface area (Å²) in [6.07, 6.45) is 4.65. The molecule has 310 valence electrons. The van der Waals surface area contributed by atoms with Crippen molar-refractivity contribution in [3.05, 3.63) is 125 Å². The van der Waals surface area contributed by atoms with Gasteiger partial charge in [-0.1, -0.05) is 56.3 Å². The van der Waals surface area contributed by atoms with Crippen LogP contribution in [-0.2, 0) is 22.7 Å². The lowest BCUT2D eigenvalue weighted by atomic mass is 10.0. The minimum absolute atomic E-state index is 0.00279. The van der Waals surface area contributed by atoms with Crippen molar-refractivity contribution in [1.82, 2.24) is 35.1 Å². The van der Waals surface area contributed by atoms with Crippen molar-refractivity contribution >= 4 is 50.9 Å². The molecule has 0 spiro atoms. The third-order valence-corrected chi connectivity index (χ3v) is 12.5. The molecular weight excluding hydrogens is 791 g/mol. The molecule has 0 bridgehead atoms. The second-order valence-electron chi connectivity index (χ2n) is 15.9. The van der Waals surface area contributed by atoms with Gasteiger partial charge in [0.2, 0.25) is 17.7 Å². The van der Waals surface area contributed by atoms with Crippen LogP contribution in [0.2, 0.25) is 0 Å². The highest BCUT2D eigenvalue weighted by Gasteiger charge is 2.45. The second-order valence-corrected chi connectivity index (χ2v) is 16.7. The van der Waals surface area contributed by atoms with Crippen LogP contribution in [0.4, 0.5) is 0 Å². The number of β-amino-alcohol motifs (C(OH)–C–C–N with tert-alkyl or cyclic N) is 1. The van der Waals surface area contributed by atoms with Crippen molar-refractivity contribution in [2.24, 2.45) is 5.92 Å². The molecule has 2 aliphatic heterocycles. The highest BCUT2D eigenvalue weighted by Crippen LogP contribution is 2.34. The number of nitrogens with zero attached hydrogens (tertiary/aromatic N) is 5. The zero-order valence-corrected chi connectivity index (χ0v) is 34.8. The molecule has 0 aliphatic carbocycles. The third-order valence-electron chi connectivity index (χ3n) is 11.5. The Morgan fingerprint density at radius 3 is 2.54 bits per heavy atom. The molecule has 13 nitrogen and oxygen atoms in total. The first-order valence-corrected chi connectivity index (χ1v) is 21.3. The number of nitrogens with one attached hydrogen (secondary N) is 2. The number of pyridine rings is 2. The van der Waals surface area contributed by atoms with Crippen molar-refractivity contribution in [3.63, 3.8) is 0 Å². The van der Waals surface area contributed by atoms with Gasteiger partial charge in [0, 0.05) is 89.2 Å². The molecule has 3 amide bonds. The Balaban J connectivity index is 0.856. The van der Waals surface area contributed by atoms with E-state index in [-0.39, 0.29) is 50.5 Å². The Bertz CT molecular complexity index is 2770. The Kier molecular flexibility index (Phi) is 11.0. The number of aliphatic hydroxyl groups is 1. The molecule has 9 rings (SSSR count). The van der Waals surface area contributed by atoms with Crippen molar-refractivity contribution in [2.75, 3.05) is 19.8 Å². The van der Waals surface area contributed by atoms with Crippen LogP contribution >= 0.6 is 11.3 Å². The highest BCUT2D eigenvalue weighted by molar-refractivity contribution is 7.13. The lowest BCUT2D eigenvalue weighted by Gasteiger charge is -2.35. The quantitative estimate of drug-likeness (QED) is 0.105. The molecule has 3 N–H and O–H groups in total. The number of fused-ring (bicyclic) bond motifs is 4. The minimum Gasteiger partial charge on any atom is -0.490 e. The van der Waals surface area contributed by atoms with Crippen LogP contribution in [0, 0.1) is 12.8 Å². The van der Waals surface area contributed by atoms with Gasteiger partial charge in [-0.15, -0.1) is 11.3 Å². The van der Waals surface area contributed by atoms with Gasteiger partial charge in [-0.3, -0.25) is 19.4 Å². The number of carbonyl (C=O) groups excluding carboxylic acids is 3. The second kappa shape index (κ2) is 16.8. The maximum atomic E-state index is 14.2. The van der Waals surface area contributed by atoms with Crippen LogP contribution in [0.3, 0.4) is 0 Å². The van der Waals surface area contributed by atoms with E-state index in [1.54, 1.807) is 28.9 Å². The molecule has 3 aromatic carbocycles. The zero-order chi connectivity index (χ0) is 42.2. The largest absolute Gasteiger partial charge is 0.490 e. The van der Waals surface area contributed by atoms with Crippen molar-refractivity contribution in [1.29, 1.82) is 0 Å². The monoisotopic (exact) mass is 835 g/mol. The van der Waals surface area contributed by atoms with Crippen molar-refractivity contribution in [3.8, 4) is 33.2 Å². The average Bonchev–Trinajstić information content (AvgIpc) is 4.06. The smallest absolute Gasteiger partial charge is 0.255 e. The number of aliphatic hydroxyl groups excluding tert-OH is 1. The molecule has 7 aromatic rings. The van der Waals surface area contributed by atoms with Gasteiger partial charge in [0.1, 0.15) is 31.0 Å². The molecule has 4 aromatic heterocycles. The topological polar surface area (TPSA) is 163 Å². The van der Waals surface area contributed by atoms with Crippen LogP contribution in [0.15, 0.2) is 103 Å². The fourth-order valence-electron chi connectivity index (χ4n) is 8.47. The third kappa shape index (κ3) is 7.91. The van der Waals surface area contributed by atoms with Gasteiger partial charge in [-0.05, 0) is 59.9 Å². The SMILES string of the molecule is Cc1ncsc1-c1ccc(CNC(=O)[C@@H]2C[C@@H](O)CN2C(=O)C(C(C)C)N2Cc3ccccc3C2=O)c(OCCOc2ccc(-c3ccc4c(c3)[nH]c3ccncc34)cn2)c1. The molecule has 3 atom stereocenters. The minimum atomic E-state index is -0.909. The van der Waals surface area contributed by atoms with E-state index in [1.165, 1.54) is 16.2 Å². The standard InChI is InChI=1S/C47H45N7O6S/c1-27(2)43(54-24-33-6-4-5-7-35(33)46(54)57)47(58)53-25-34(55)20-40(53)45(56)50-22-32-9-8-30(44-28(3)51-26-61-44)19-41(32)59-16-17-60-42-13-11-31(21-49-42)29-10-12-36-37-23-48-15-14-38(37)52-39(36)18-29/h4-15,18-19,21,23,26-27,34,40,43,52,55H,16-17,20,22,24-25H2,1-3H3,(H,50,56)/t34-,40+,43?/m1/s1. The first-order valence-electron chi connectivity index (χ1n) is 20.4. The number of rotatable bonds is 13. The molecule has 0 saturated carbocycles. The zero-order valence-electron chi connectivity index (χ0n) is 34.0. The Hall–Kier alpha value is -6.64. The number of hydrogen-bond acceptors (Lipinski definition) is 10. The number of aryl methyl sites for hydroxylation is 1. The molecule has 2 aliphatic rings. The molecule has 1 unspecified atom stereocenters. The van der Waals surface area contributed by atoms with Gasteiger partial charge in [-0.25, -0.2) is 9.97 Å². The summed E-state index contributed by atoms with van der Waals surface area (Å²) in [5, 5.41) is 16.0. The van der Waals surface area contributed by atoms with Crippen LogP contribution in [0.25, 0.3) is 43.4 Å². The molecule has 14 heteroatoms. The van der Waals surface area contributed by atoms with Crippen LogP contribution in [-0.4, -0.2) is 90.5 Å². The summed E-state index contributed by atoms with van der Waals surface area (Å²) in [6, 6.07) is 23.5. The van der Waals surface area contributed by atoms with E-state index < -0.39 is 24.1 Å². The molecule has 1 fully saturated rings. The van der Waals surface area contributed by atoms with Gasteiger partial charge in [0.15, 0.2) is 0 Å². The summed E-state index contributed by atoms with van der Waals surface area (Å²) in [4.78, 5) is 62.3. The maximum absolute atomic E-state index is 14.2. The number of aromatic nitrogens is 4. The first kappa shape index (κ1) is 39.8. The molecule has 6 heterocycles. The predicted molar refractivity (Wildman–Crippen MR) is 233 cm³/mol. The van der Waals surface area contributed by atoms with Crippen molar-refractivity contribution < 1.29 is 29.0 Å². The van der Waals surface area contributed by atoms with Gasteiger partial charge in [-0.2, -0.15) is 0 Å². The van der Waals surface area contributed by atoms with Gasteiger partial charge < -0.3 is 34.7 Å². The van der Waals surface area contributed by atoms with Crippen LogP contribution in [0.1, 0.15) is 47.4 Å². The first-order chi connectivity index (χ1) is 29.6. The fraction of sp³-hybridized carbons (Fsp3) is 0.277. The van der Waals surface area contributed by atoms with E-state index in [4.69, 9.17) is 9.47 Å². The summed E-state index contributed by atoms with van der Waals surface area (Å²) < 4.78 is 12.3. The predicted octanol–water partition coefficient (Wildman–Crippen LogP) is 6.93. The molecule has 61 heavy (non-hydrogen) atoms. The number of thiazole rings is 1. The van der Waals surface area contributed by atoms with E-state index in [0.29, 0.717) is 23.7 Å². The summed E-state index contributed by atoms with van der Waals surface area (Å²) in [6.45, 7) is 6.59. The fourth-order valence-corrected chi connectivity index (χ4v) is 9.27. The molecule has 0 radical (unpaired) electrons. The van der Waals surface area contributed by atoms with Crippen molar-refractivity contribution in [2.45, 2.75) is 58.5 Å². The number of hydrogen-bond donors (Lipinski definition) is 3. The number of ether oxygens (including phenoxy) is 2. The summed E-state index contributed by atoms with van der Waals surface area (Å²) in [7, 11) is 0. The number of carbonyl (C=O) groups is 3. The van der Waals surface area contributed by atoms with Crippen LogP contribution in [0.5, 0.6) is 11.6 Å². The lowest BCUT2D eigenvalue weighted by molar-refractivity contribution is -0.143. The number of amides is 3. The van der Waals surface area contributed by atoms with E-state index in [2.05, 4.69) is 43.5 Å². The summed E-state index contributed by atoms with van der Waals surface area (Å²) in [5.74, 6) is -0.156. The Morgan fingerprint density at radius 2 is 1.75 bits per heavy atom. The Morgan fingerprint density at radius 1 is 0.934 bits per heavy atom. The normalized spacial score (nSPS) is 16.7. The lowest BCUT2D eigenvalue weighted by Crippen LogP contribution is -2.55. The van der Waals surface area contributed by atoms with Crippen LogP contribution < -0.4 is 14.8 Å². The molecular formula is C47H45N7O6S. The number of likely N-dealkylation sites (tertiary alicyclic amines) is 1.